The molecule has 0 saturated heterocycles. The number of H-pyrrole nitrogens is 1. The lowest BCUT2D eigenvalue weighted by Crippen LogP contribution is -2.03. The summed E-state index contributed by atoms with van der Waals surface area (Å²) in [6, 6.07) is 12.9. The summed E-state index contributed by atoms with van der Waals surface area (Å²) in [5.74, 6) is 0. The first-order chi connectivity index (χ1) is 9.04. The van der Waals surface area contributed by atoms with Gasteiger partial charge in [0.25, 0.3) is 0 Å². The first-order valence-corrected chi connectivity index (χ1v) is 5.79. The molecule has 0 spiro atoms. The Hall–Kier alpha value is -2.23. The largest absolute Gasteiger partial charge is 0.416 e. The van der Waals surface area contributed by atoms with Crippen molar-refractivity contribution in [2.75, 3.05) is 0 Å². The summed E-state index contributed by atoms with van der Waals surface area (Å²) < 4.78 is 37.5. The van der Waals surface area contributed by atoms with Gasteiger partial charge in [0.1, 0.15) is 0 Å². The topological polar surface area (TPSA) is 15.8 Å². The van der Waals surface area contributed by atoms with Crippen LogP contribution in [0.1, 0.15) is 5.56 Å². The molecule has 1 heterocycles. The van der Waals surface area contributed by atoms with Gasteiger partial charge in [0.2, 0.25) is 0 Å². The Morgan fingerprint density at radius 3 is 2.16 bits per heavy atom. The van der Waals surface area contributed by atoms with Crippen molar-refractivity contribution in [3.05, 3.63) is 60.3 Å². The molecule has 1 aromatic heterocycles. The van der Waals surface area contributed by atoms with Gasteiger partial charge in [0.05, 0.1) is 5.56 Å². The van der Waals surface area contributed by atoms with Gasteiger partial charge < -0.3 is 4.98 Å². The molecule has 4 heteroatoms. The molecule has 0 saturated carbocycles. The molecule has 0 bridgehead atoms. The van der Waals surface area contributed by atoms with E-state index in [-0.39, 0.29) is 0 Å². The normalized spacial score (nSPS) is 11.9. The number of fused-ring (bicyclic) bond motifs is 1. The highest BCUT2D eigenvalue weighted by Crippen LogP contribution is 2.31. The Labute approximate surface area is 107 Å². The molecule has 0 aliphatic rings. The fourth-order valence-electron chi connectivity index (χ4n) is 2.08. The Morgan fingerprint density at radius 2 is 1.47 bits per heavy atom. The lowest BCUT2D eigenvalue weighted by molar-refractivity contribution is -0.137. The van der Waals surface area contributed by atoms with Gasteiger partial charge in [-0.05, 0) is 46.8 Å². The molecule has 0 unspecified atom stereocenters. The van der Waals surface area contributed by atoms with Crippen LogP contribution in [0.3, 0.4) is 0 Å². The van der Waals surface area contributed by atoms with E-state index >= 15 is 0 Å². The second kappa shape index (κ2) is 4.16. The van der Waals surface area contributed by atoms with Crippen LogP contribution < -0.4 is 0 Å². The van der Waals surface area contributed by atoms with Crippen molar-refractivity contribution in [3.8, 4) is 11.1 Å². The van der Waals surface area contributed by atoms with Crippen LogP contribution in [0.4, 0.5) is 13.2 Å². The number of halogens is 3. The minimum atomic E-state index is -4.29. The molecular weight excluding hydrogens is 251 g/mol. The Bertz CT molecular complexity index is 708. The van der Waals surface area contributed by atoms with Crippen molar-refractivity contribution in [2.45, 2.75) is 6.18 Å². The number of nitrogens with one attached hydrogen (secondary N) is 1. The van der Waals surface area contributed by atoms with Gasteiger partial charge in [-0.25, -0.2) is 0 Å². The molecule has 3 rings (SSSR count). The third-order valence-corrected chi connectivity index (χ3v) is 3.10. The van der Waals surface area contributed by atoms with Gasteiger partial charge in [-0.15, -0.1) is 0 Å². The zero-order valence-corrected chi connectivity index (χ0v) is 9.83. The number of aromatic amines is 1. The average molecular weight is 261 g/mol. The van der Waals surface area contributed by atoms with Crippen LogP contribution in [-0.2, 0) is 6.18 Å². The van der Waals surface area contributed by atoms with Crippen LogP contribution in [0.2, 0.25) is 0 Å². The van der Waals surface area contributed by atoms with Gasteiger partial charge in [0.15, 0.2) is 0 Å². The highest BCUT2D eigenvalue weighted by atomic mass is 19.4. The number of benzene rings is 2. The number of rotatable bonds is 1. The average Bonchev–Trinajstić information content (AvgIpc) is 2.85. The van der Waals surface area contributed by atoms with E-state index in [4.69, 9.17) is 0 Å². The van der Waals surface area contributed by atoms with E-state index in [2.05, 4.69) is 4.98 Å². The van der Waals surface area contributed by atoms with Gasteiger partial charge in [-0.1, -0.05) is 18.2 Å². The van der Waals surface area contributed by atoms with Crippen LogP contribution >= 0.6 is 0 Å². The van der Waals surface area contributed by atoms with Crippen molar-refractivity contribution >= 4 is 10.9 Å². The van der Waals surface area contributed by atoms with Crippen LogP contribution in [-0.4, -0.2) is 4.98 Å². The minimum absolute atomic E-state index is 0.626. The summed E-state index contributed by atoms with van der Waals surface area (Å²) in [6.07, 6.45) is -2.45. The maximum absolute atomic E-state index is 12.5. The molecule has 0 aliphatic carbocycles. The number of aromatic nitrogens is 1. The second-order valence-electron chi connectivity index (χ2n) is 4.35. The third-order valence-electron chi connectivity index (χ3n) is 3.10. The maximum atomic E-state index is 12.5. The zero-order valence-electron chi connectivity index (χ0n) is 9.83. The predicted octanol–water partition coefficient (Wildman–Crippen LogP) is 4.85. The quantitative estimate of drug-likeness (QED) is 0.644. The predicted molar refractivity (Wildman–Crippen MR) is 68.7 cm³/mol. The first kappa shape index (κ1) is 11.8. The highest BCUT2D eigenvalue weighted by Gasteiger charge is 2.29. The van der Waals surface area contributed by atoms with E-state index in [1.165, 1.54) is 12.1 Å². The molecule has 0 aliphatic heterocycles. The fourth-order valence-corrected chi connectivity index (χ4v) is 2.08. The summed E-state index contributed by atoms with van der Waals surface area (Å²) in [4.78, 5) is 3.08. The molecular formula is C15H10F3N. The molecule has 1 nitrogen and oxygen atoms in total. The van der Waals surface area contributed by atoms with Gasteiger partial charge in [-0.3, -0.25) is 0 Å². The molecule has 3 aromatic rings. The number of hydrogen-bond acceptors (Lipinski definition) is 0. The Morgan fingerprint density at radius 1 is 0.789 bits per heavy atom. The third kappa shape index (κ3) is 2.21. The fraction of sp³-hybridized carbons (Fsp3) is 0.0667. The van der Waals surface area contributed by atoms with Gasteiger partial charge in [-0.2, -0.15) is 13.2 Å². The summed E-state index contributed by atoms with van der Waals surface area (Å²) in [7, 11) is 0. The molecule has 0 amide bonds. The van der Waals surface area contributed by atoms with Crippen molar-refractivity contribution in [1.82, 2.24) is 4.98 Å². The lowest BCUT2D eigenvalue weighted by Gasteiger charge is -2.08. The van der Waals surface area contributed by atoms with Gasteiger partial charge >= 0.3 is 6.18 Å². The Kier molecular flexibility index (Phi) is 2.59. The summed E-state index contributed by atoms with van der Waals surface area (Å²) >= 11 is 0. The SMILES string of the molecule is FC(F)(F)c1ccc(-c2ccc3[nH]ccc3c2)cc1. The monoisotopic (exact) mass is 261 g/mol. The van der Waals surface area contributed by atoms with Crippen LogP contribution in [0, 0.1) is 0 Å². The first-order valence-electron chi connectivity index (χ1n) is 5.79. The molecule has 19 heavy (non-hydrogen) atoms. The van der Waals surface area contributed by atoms with Crippen molar-refractivity contribution in [1.29, 1.82) is 0 Å². The standard InChI is InChI=1S/C15H10F3N/c16-15(17,18)13-4-1-10(2-5-13)11-3-6-14-12(9-11)7-8-19-14/h1-9,19H. The maximum Gasteiger partial charge on any atom is 0.416 e. The number of alkyl halides is 3. The molecule has 0 atom stereocenters. The van der Waals surface area contributed by atoms with Crippen molar-refractivity contribution < 1.29 is 13.2 Å². The van der Waals surface area contributed by atoms with Crippen LogP contribution in [0.15, 0.2) is 54.7 Å². The van der Waals surface area contributed by atoms with E-state index in [0.717, 1.165) is 34.2 Å². The summed E-state index contributed by atoms with van der Waals surface area (Å²) in [5, 5.41) is 1.04. The van der Waals surface area contributed by atoms with E-state index < -0.39 is 11.7 Å². The van der Waals surface area contributed by atoms with E-state index in [9.17, 15) is 13.2 Å². The summed E-state index contributed by atoms with van der Waals surface area (Å²) in [6.45, 7) is 0. The van der Waals surface area contributed by atoms with Crippen LogP contribution in [0.25, 0.3) is 22.0 Å². The van der Waals surface area contributed by atoms with Crippen molar-refractivity contribution in [3.63, 3.8) is 0 Å². The summed E-state index contributed by atoms with van der Waals surface area (Å²) in [5.41, 5.74) is 2.06. The van der Waals surface area contributed by atoms with Gasteiger partial charge in [0, 0.05) is 11.7 Å². The van der Waals surface area contributed by atoms with E-state index in [0.29, 0.717) is 0 Å². The highest BCUT2D eigenvalue weighted by molar-refractivity contribution is 5.85. The Balaban J connectivity index is 2.01. The second-order valence-corrected chi connectivity index (χ2v) is 4.35. The molecule has 1 N–H and O–H groups in total. The zero-order chi connectivity index (χ0) is 13.5. The smallest absolute Gasteiger partial charge is 0.361 e. The van der Waals surface area contributed by atoms with Crippen LogP contribution in [0.5, 0.6) is 0 Å². The van der Waals surface area contributed by atoms with Crippen molar-refractivity contribution in [2.24, 2.45) is 0 Å². The molecule has 96 valence electrons. The molecule has 0 radical (unpaired) electrons. The molecule has 2 aromatic carbocycles. The lowest BCUT2D eigenvalue weighted by atomic mass is 10.0. The van der Waals surface area contributed by atoms with E-state index in [1.54, 1.807) is 0 Å². The van der Waals surface area contributed by atoms with E-state index in [1.807, 2.05) is 30.5 Å². The minimum Gasteiger partial charge on any atom is -0.361 e. The molecule has 0 fully saturated rings. The number of hydrogen-bond donors (Lipinski definition) is 1.